The predicted octanol–water partition coefficient (Wildman–Crippen LogP) is 6.98. The van der Waals surface area contributed by atoms with Crippen LogP contribution in [0.5, 0.6) is 11.5 Å². The number of thioether (sulfide) groups is 1. The monoisotopic (exact) mass is 510 g/mol. The van der Waals surface area contributed by atoms with Gasteiger partial charge in [0.15, 0.2) is 17.0 Å². The third kappa shape index (κ3) is 5.92. The summed E-state index contributed by atoms with van der Waals surface area (Å²) in [5.74, 6) is 1.24. The molecule has 1 atom stereocenters. The van der Waals surface area contributed by atoms with E-state index in [2.05, 4.69) is 54.0 Å². The van der Waals surface area contributed by atoms with E-state index in [9.17, 15) is 4.79 Å². The van der Waals surface area contributed by atoms with Crippen LogP contribution < -0.4 is 20.1 Å². The van der Waals surface area contributed by atoms with Crippen LogP contribution in [-0.2, 0) is 17.8 Å². The van der Waals surface area contributed by atoms with Crippen LogP contribution in [-0.4, -0.2) is 18.0 Å². The Labute approximate surface area is 221 Å². The maximum Gasteiger partial charge on any atom is 0.260 e. The maximum absolute atomic E-state index is 12.6. The van der Waals surface area contributed by atoms with Crippen LogP contribution in [0.3, 0.4) is 0 Å². The summed E-state index contributed by atoms with van der Waals surface area (Å²) in [7, 11) is 0. The van der Waals surface area contributed by atoms with Crippen LogP contribution in [0.2, 0.25) is 0 Å². The summed E-state index contributed by atoms with van der Waals surface area (Å²) in [5.41, 5.74) is 4.03. The summed E-state index contributed by atoms with van der Waals surface area (Å²) in [5, 5.41) is 8.73. The summed E-state index contributed by atoms with van der Waals surface area (Å²) in [4.78, 5) is 13.3. The average Bonchev–Trinajstić information content (AvgIpc) is 3.26. The fraction of sp³-hybridized carbons (Fsp3) is 0.194. The zero-order valence-corrected chi connectivity index (χ0v) is 21.8. The Kier molecular flexibility index (Phi) is 7.66. The summed E-state index contributed by atoms with van der Waals surface area (Å²) in [6.45, 7) is 5.03. The second-order valence-electron chi connectivity index (χ2n) is 8.74. The third-order valence-electron chi connectivity index (χ3n) is 6.22. The number of anilines is 1. The van der Waals surface area contributed by atoms with Crippen LogP contribution in [0.1, 0.15) is 30.5 Å². The van der Waals surface area contributed by atoms with Gasteiger partial charge in [-0.05, 0) is 71.1 Å². The van der Waals surface area contributed by atoms with Gasteiger partial charge >= 0.3 is 0 Å². The van der Waals surface area contributed by atoms with E-state index < -0.39 is 0 Å². The Balaban J connectivity index is 1.29. The molecule has 1 amide bonds. The molecule has 2 N–H and O–H groups in total. The lowest BCUT2D eigenvalue weighted by atomic mass is 10.1. The summed E-state index contributed by atoms with van der Waals surface area (Å²) < 4.78 is 12.1. The van der Waals surface area contributed by atoms with Gasteiger partial charge in [0.2, 0.25) is 0 Å². The van der Waals surface area contributed by atoms with Gasteiger partial charge in [0.1, 0.15) is 6.61 Å². The number of aryl methyl sites for hydroxylation is 1. The minimum absolute atomic E-state index is 0.0954. The lowest BCUT2D eigenvalue weighted by Crippen LogP contribution is -2.30. The number of benzene rings is 4. The van der Waals surface area contributed by atoms with Gasteiger partial charge in [-0.15, -0.1) is 0 Å². The van der Waals surface area contributed by atoms with Gasteiger partial charge in [-0.2, -0.15) is 0 Å². The standard InChI is InChI=1S/C31H30N2O3S/c1-3-21-12-15-25(16-13-21)32-31-33-30(34)29(37-31)19-22-14-17-27(28(18-22)35-4-2)36-20-24-10-7-9-23-8-5-6-11-26(23)24/h5-19,31-32H,3-4,20H2,1-2H3,(H,33,34)/b29-19-/t31-/m1/s1. The molecule has 37 heavy (non-hydrogen) atoms. The molecule has 1 fully saturated rings. The lowest BCUT2D eigenvalue weighted by molar-refractivity contribution is -0.116. The van der Waals surface area contributed by atoms with E-state index in [4.69, 9.17) is 9.47 Å². The molecule has 0 unspecified atom stereocenters. The Hall–Kier alpha value is -3.90. The number of carbonyl (C=O) groups is 1. The largest absolute Gasteiger partial charge is 0.490 e. The van der Waals surface area contributed by atoms with Crippen LogP contribution >= 0.6 is 11.8 Å². The zero-order valence-electron chi connectivity index (χ0n) is 21.0. The second kappa shape index (κ2) is 11.4. The molecule has 0 bridgehead atoms. The van der Waals surface area contributed by atoms with Crippen LogP contribution in [0.4, 0.5) is 5.69 Å². The number of hydrogen-bond acceptors (Lipinski definition) is 5. The SMILES string of the molecule is CCOc1cc(/C=C2\S[C@H](Nc3ccc(CC)cc3)NC2=O)ccc1OCc1cccc2ccccc12. The molecule has 6 heteroatoms. The van der Waals surface area contributed by atoms with Crippen LogP contribution in [0.15, 0.2) is 89.8 Å². The molecule has 0 saturated carbocycles. The topological polar surface area (TPSA) is 59.6 Å². The molecule has 5 rings (SSSR count). The number of nitrogens with one attached hydrogen (secondary N) is 2. The molecule has 5 nitrogen and oxygen atoms in total. The summed E-state index contributed by atoms with van der Waals surface area (Å²) in [6.07, 6.45) is 2.89. The van der Waals surface area contributed by atoms with Gasteiger partial charge in [0.05, 0.1) is 11.5 Å². The first-order chi connectivity index (χ1) is 18.1. The van der Waals surface area contributed by atoms with E-state index in [1.54, 1.807) is 0 Å². The highest BCUT2D eigenvalue weighted by Gasteiger charge is 2.27. The van der Waals surface area contributed by atoms with Gasteiger partial charge < -0.3 is 20.1 Å². The highest BCUT2D eigenvalue weighted by molar-refractivity contribution is 8.05. The first-order valence-corrected chi connectivity index (χ1v) is 13.4. The fourth-order valence-corrected chi connectivity index (χ4v) is 5.27. The fourth-order valence-electron chi connectivity index (χ4n) is 4.28. The van der Waals surface area contributed by atoms with Crippen molar-refractivity contribution in [3.05, 3.63) is 107 Å². The normalized spacial score (nSPS) is 16.1. The highest BCUT2D eigenvalue weighted by Crippen LogP contribution is 2.34. The van der Waals surface area contributed by atoms with Gasteiger partial charge in [-0.3, -0.25) is 4.79 Å². The van der Waals surface area contributed by atoms with E-state index in [1.807, 2.05) is 61.5 Å². The first-order valence-electron chi connectivity index (χ1n) is 12.5. The van der Waals surface area contributed by atoms with Crippen molar-refractivity contribution in [2.24, 2.45) is 0 Å². The Morgan fingerprint density at radius 3 is 2.54 bits per heavy atom. The van der Waals surface area contributed by atoms with Crippen LogP contribution in [0, 0.1) is 0 Å². The first kappa shape index (κ1) is 24.8. The van der Waals surface area contributed by atoms with Crippen molar-refractivity contribution in [1.29, 1.82) is 0 Å². The number of ether oxygens (including phenoxy) is 2. The smallest absolute Gasteiger partial charge is 0.260 e. The number of fused-ring (bicyclic) bond motifs is 1. The molecule has 0 aliphatic carbocycles. The molecule has 0 spiro atoms. The van der Waals surface area contributed by atoms with Gasteiger partial charge in [0.25, 0.3) is 5.91 Å². The zero-order chi connectivity index (χ0) is 25.6. The van der Waals surface area contributed by atoms with Crippen molar-refractivity contribution < 1.29 is 14.3 Å². The molecule has 4 aromatic carbocycles. The van der Waals surface area contributed by atoms with E-state index in [0.717, 1.165) is 23.2 Å². The van der Waals surface area contributed by atoms with Crippen molar-refractivity contribution in [2.75, 3.05) is 11.9 Å². The van der Waals surface area contributed by atoms with E-state index in [0.29, 0.717) is 29.6 Å². The van der Waals surface area contributed by atoms with Gasteiger partial charge in [-0.25, -0.2) is 0 Å². The molecule has 188 valence electrons. The minimum atomic E-state index is -0.221. The lowest BCUT2D eigenvalue weighted by Gasteiger charge is -2.14. The van der Waals surface area contributed by atoms with E-state index >= 15 is 0 Å². The average molecular weight is 511 g/mol. The second-order valence-corrected chi connectivity index (χ2v) is 9.89. The molecular weight excluding hydrogens is 480 g/mol. The van der Waals surface area contributed by atoms with Crippen molar-refractivity contribution in [2.45, 2.75) is 32.4 Å². The van der Waals surface area contributed by atoms with Crippen molar-refractivity contribution >= 4 is 40.2 Å². The van der Waals surface area contributed by atoms with E-state index in [1.165, 1.54) is 28.1 Å². The Bertz CT molecular complexity index is 1430. The van der Waals surface area contributed by atoms with Crippen molar-refractivity contribution in [3.8, 4) is 11.5 Å². The molecule has 1 aliphatic heterocycles. The molecule has 1 aliphatic rings. The van der Waals surface area contributed by atoms with E-state index in [-0.39, 0.29) is 11.4 Å². The summed E-state index contributed by atoms with van der Waals surface area (Å²) in [6, 6.07) is 28.6. The Morgan fingerprint density at radius 2 is 1.73 bits per heavy atom. The molecule has 0 aromatic heterocycles. The number of hydrogen-bond donors (Lipinski definition) is 2. The third-order valence-corrected chi connectivity index (χ3v) is 7.25. The van der Waals surface area contributed by atoms with Crippen LogP contribution in [0.25, 0.3) is 16.8 Å². The number of amides is 1. The number of carbonyl (C=O) groups excluding carboxylic acids is 1. The summed E-state index contributed by atoms with van der Waals surface area (Å²) >= 11 is 1.47. The quantitative estimate of drug-likeness (QED) is 0.238. The minimum Gasteiger partial charge on any atom is -0.490 e. The molecule has 4 aromatic rings. The predicted molar refractivity (Wildman–Crippen MR) is 153 cm³/mol. The molecular formula is C31H30N2O3S. The van der Waals surface area contributed by atoms with Crippen molar-refractivity contribution in [1.82, 2.24) is 5.32 Å². The Morgan fingerprint density at radius 1 is 0.919 bits per heavy atom. The molecule has 0 radical (unpaired) electrons. The molecule has 1 heterocycles. The molecule has 1 saturated heterocycles. The highest BCUT2D eigenvalue weighted by atomic mass is 32.2. The van der Waals surface area contributed by atoms with Crippen molar-refractivity contribution in [3.63, 3.8) is 0 Å². The van der Waals surface area contributed by atoms with Gasteiger partial charge in [0, 0.05) is 5.69 Å². The maximum atomic E-state index is 12.6. The number of rotatable bonds is 9. The van der Waals surface area contributed by atoms with Gasteiger partial charge in [-0.1, -0.05) is 79.3 Å².